The van der Waals surface area contributed by atoms with Crippen LogP contribution in [0.2, 0.25) is 1.41 Å². The van der Waals surface area contributed by atoms with Gasteiger partial charge in [-0.05, 0) is 0 Å². The van der Waals surface area contributed by atoms with E-state index in [0.717, 1.165) is 4.98 Å². The van der Waals surface area contributed by atoms with E-state index >= 15 is 0 Å². The first-order valence-electron chi connectivity index (χ1n) is 3.10. The number of nitrogens with zero attached hydrogens (tertiary/aromatic N) is 2. The van der Waals surface area contributed by atoms with Crippen LogP contribution in [0.5, 0.6) is 0 Å². The Morgan fingerprint density at radius 1 is 2.29 bits per heavy atom. The van der Waals surface area contributed by atoms with Crippen LogP contribution in [0, 0.1) is 0 Å². The zero-order valence-corrected chi connectivity index (χ0v) is 4.05. The molecule has 3 heteroatoms. The largest absolute Gasteiger partial charge is 0.332 e. The first-order chi connectivity index (χ1) is 4.25. The molecule has 0 aliphatic carbocycles. The zero-order chi connectivity index (χ0) is 6.85. The van der Waals surface area contributed by atoms with Crippen LogP contribution in [0.25, 0.3) is 0 Å². The summed E-state index contributed by atoms with van der Waals surface area (Å²) < 4.78 is 14.0. The first-order valence-corrected chi connectivity index (χ1v) is 2.16. The molecule has 0 aromatic carbocycles. The maximum atomic E-state index is 7.08. The lowest BCUT2D eigenvalue weighted by Gasteiger charge is -1.77. The molecule has 38 valence electrons. The average molecular weight is 99.1 g/mol. The van der Waals surface area contributed by atoms with Crippen molar-refractivity contribution in [1.82, 2.24) is 15.2 Å². The number of rotatable bonds is 1. The number of nitrogens with one attached hydrogen (secondary N) is 1. The van der Waals surface area contributed by atoms with Crippen LogP contribution in [-0.4, -0.2) is 15.2 Å². The van der Waals surface area contributed by atoms with Crippen molar-refractivity contribution < 1.29 is 2.78 Å². The average Bonchev–Trinajstić information content (AvgIpc) is 2.15. The monoisotopic (exact) mass is 99.1 g/mol. The molecule has 7 heavy (non-hydrogen) atoms. The van der Waals surface area contributed by atoms with Crippen LogP contribution in [0.3, 0.4) is 0 Å². The fourth-order valence-electron chi connectivity index (χ4n) is 0.332. The van der Waals surface area contributed by atoms with Gasteiger partial charge in [0.2, 0.25) is 0 Å². The van der Waals surface area contributed by atoms with Crippen molar-refractivity contribution in [1.29, 1.82) is 0 Å². The van der Waals surface area contributed by atoms with Crippen molar-refractivity contribution in [2.24, 2.45) is 0 Å². The van der Waals surface area contributed by atoms with Crippen LogP contribution < -0.4 is 0 Å². The maximum absolute atomic E-state index is 7.08. The third-order valence-electron chi connectivity index (χ3n) is 0.705. The highest BCUT2D eigenvalue weighted by atomic mass is 15.2. The summed E-state index contributed by atoms with van der Waals surface area (Å²) in [5.74, 6) is 0.528. The summed E-state index contributed by atoms with van der Waals surface area (Å²) in [6.07, 6.45) is 0.543. The van der Waals surface area contributed by atoms with Gasteiger partial charge in [0.15, 0.2) is 1.41 Å². The SMILES string of the molecule is [2H]c1nnc(CC)n1[2H]. The number of hydrogen-bond acceptors (Lipinski definition) is 2. The van der Waals surface area contributed by atoms with Gasteiger partial charge in [0.05, 0.1) is 0 Å². The summed E-state index contributed by atoms with van der Waals surface area (Å²) >= 11 is 0. The zero-order valence-electron chi connectivity index (χ0n) is 6.05. The molecule has 0 bridgehead atoms. The first kappa shape index (κ1) is 2.45. The molecule has 1 aromatic rings. The standard InChI is InChI=1S/C4H7N3/c1-2-4-5-3-6-7-4/h3H,2H2,1H3,(H,5,6,7)/i3D/hD. The van der Waals surface area contributed by atoms with Gasteiger partial charge in [0.1, 0.15) is 13.5 Å². The molecular weight excluding hydrogens is 90.1 g/mol. The molecule has 0 saturated heterocycles. The van der Waals surface area contributed by atoms with E-state index in [4.69, 9.17) is 2.78 Å². The number of hydrogen-bond donors (Lipinski definition) is 1. The number of aryl methyl sites for hydroxylation is 1. The van der Waals surface area contributed by atoms with Crippen LogP contribution in [0.4, 0.5) is 0 Å². The van der Waals surface area contributed by atoms with E-state index in [1.807, 2.05) is 6.92 Å². The molecular formula is C4H7N3. The summed E-state index contributed by atoms with van der Waals surface area (Å²) in [4.78, 5) is 0.917. The third kappa shape index (κ3) is 0.765. The van der Waals surface area contributed by atoms with Gasteiger partial charge in [-0.3, -0.25) is 0 Å². The minimum Gasteiger partial charge on any atom is -0.332 e. The van der Waals surface area contributed by atoms with E-state index in [0.29, 0.717) is 12.2 Å². The highest BCUT2D eigenvalue weighted by molar-refractivity contribution is 4.76. The molecule has 0 atom stereocenters. The van der Waals surface area contributed by atoms with Gasteiger partial charge in [-0.25, -0.2) is 0 Å². The highest BCUT2D eigenvalue weighted by Crippen LogP contribution is 1.82. The normalized spacial score (nSPS) is 13.3. The van der Waals surface area contributed by atoms with Gasteiger partial charge in [-0.2, -0.15) is 0 Å². The second-order valence-corrected chi connectivity index (χ2v) is 1.18. The molecule has 0 unspecified atom stereocenters. The molecule has 3 nitrogen and oxygen atoms in total. The molecule has 0 aliphatic heterocycles. The minimum atomic E-state index is -0.105. The smallest absolute Gasteiger partial charge is 0.169 e. The quantitative estimate of drug-likeness (QED) is 0.552. The number of H-pyrrole nitrogens is 1. The highest BCUT2D eigenvalue weighted by Gasteiger charge is 1.84. The Morgan fingerprint density at radius 3 is 3.43 bits per heavy atom. The molecule has 1 N–H and O–H groups in total. The lowest BCUT2D eigenvalue weighted by Crippen LogP contribution is -1.79. The van der Waals surface area contributed by atoms with Crippen molar-refractivity contribution in [2.75, 3.05) is 0 Å². The summed E-state index contributed by atoms with van der Waals surface area (Å²) in [6.45, 7) is 1.87. The molecule has 0 saturated carbocycles. The lowest BCUT2D eigenvalue weighted by atomic mass is 10.5. The van der Waals surface area contributed by atoms with E-state index in [2.05, 4.69) is 10.2 Å². The van der Waals surface area contributed by atoms with Gasteiger partial charge in [0.25, 0.3) is 0 Å². The van der Waals surface area contributed by atoms with E-state index < -0.39 is 0 Å². The topological polar surface area (TPSA) is 41.6 Å². The van der Waals surface area contributed by atoms with E-state index in [9.17, 15) is 0 Å². The molecule has 0 fully saturated rings. The molecule has 1 rings (SSSR count). The van der Waals surface area contributed by atoms with Crippen molar-refractivity contribution >= 4 is 0 Å². The van der Waals surface area contributed by atoms with Gasteiger partial charge >= 0.3 is 0 Å². The Kier molecular flexibility index (Phi) is 0.604. The number of aromatic nitrogens is 3. The molecule has 1 heterocycles. The Hall–Kier alpha value is -0.860. The van der Waals surface area contributed by atoms with Crippen LogP contribution in [-0.2, 0) is 6.42 Å². The van der Waals surface area contributed by atoms with Gasteiger partial charge in [0, 0.05) is 6.42 Å². The summed E-state index contributed by atoms with van der Waals surface area (Å²) in [6, 6.07) is 0. The fourth-order valence-corrected chi connectivity index (χ4v) is 0.332. The lowest BCUT2D eigenvalue weighted by molar-refractivity contribution is 0.946. The van der Waals surface area contributed by atoms with Gasteiger partial charge in [-0.15, -0.1) is 10.2 Å². The second kappa shape index (κ2) is 1.73. The van der Waals surface area contributed by atoms with Gasteiger partial charge in [-0.1, -0.05) is 6.92 Å². The molecule has 0 radical (unpaired) electrons. The van der Waals surface area contributed by atoms with Gasteiger partial charge < -0.3 is 4.98 Å². The van der Waals surface area contributed by atoms with Crippen molar-refractivity contribution in [3.8, 4) is 0 Å². The Labute approximate surface area is 44.6 Å². The van der Waals surface area contributed by atoms with Crippen molar-refractivity contribution in [2.45, 2.75) is 13.3 Å². The van der Waals surface area contributed by atoms with Crippen LogP contribution >= 0.6 is 0 Å². The van der Waals surface area contributed by atoms with Crippen LogP contribution in [0.15, 0.2) is 6.30 Å². The minimum absolute atomic E-state index is 0.105. The molecule has 1 aromatic heterocycles. The maximum Gasteiger partial charge on any atom is 0.169 e. The Bertz CT molecular complexity index is 208. The Morgan fingerprint density at radius 2 is 3.14 bits per heavy atom. The Balaban J connectivity index is 3.04. The van der Waals surface area contributed by atoms with E-state index in [1.54, 1.807) is 0 Å². The molecule has 0 aliphatic rings. The van der Waals surface area contributed by atoms with Crippen molar-refractivity contribution in [3.63, 3.8) is 0 Å². The van der Waals surface area contributed by atoms with E-state index in [1.165, 1.54) is 0 Å². The fraction of sp³-hybridized carbons (Fsp3) is 0.500. The van der Waals surface area contributed by atoms with Crippen molar-refractivity contribution in [3.05, 3.63) is 12.1 Å². The number of aromatic amines is 1. The predicted octanol–water partition coefficient (Wildman–Crippen LogP) is 0.367. The van der Waals surface area contributed by atoms with Crippen LogP contribution in [0.1, 0.15) is 14.1 Å². The summed E-state index contributed by atoms with van der Waals surface area (Å²) in [5.41, 5.74) is 0. The second-order valence-electron chi connectivity index (χ2n) is 1.18. The van der Waals surface area contributed by atoms with E-state index in [-0.39, 0.29) is 6.30 Å². The summed E-state index contributed by atoms with van der Waals surface area (Å²) in [5, 5.41) is 6.95. The molecule has 0 spiro atoms. The predicted molar refractivity (Wildman–Crippen MR) is 25.8 cm³/mol. The third-order valence-corrected chi connectivity index (χ3v) is 0.705. The molecule has 0 amide bonds. The summed E-state index contributed by atoms with van der Waals surface area (Å²) in [7, 11) is 0.